The second-order valence-corrected chi connectivity index (χ2v) is 4.75. The van der Waals surface area contributed by atoms with Gasteiger partial charge in [-0.1, -0.05) is 41.9 Å². The molecule has 4 heteroatoms. The summed E-state index contributed by atoms with van der Waals surface area (Å²) in [6.45, 7) is 0. The van der Waals surface area contributed by atoms with Crippen LogP contribution in [-0.2, 0) is 0 Å². The summed E-state index contributed by atoms with van der Waals surface area (Å²) in [6.07, 6.45) is 3.11. The van der Waals surface area contributed by atoms with E-state index in [4.69, 9.17) is 11.6 Å². The van der Waals surface area contributed by atoms with Gasteiger partial charge in [0.15, 0.2) is 0 Å². The van der Waals surface area contributed by atoms with Crippen molar-refractivity contribution in [1.82, 2.24) is 9.97 Å². The Bertz CT molecular complexity index is 794. The SMILES string of the molecule is OC(=Cc1ncnc2ccccc12)c1cccc(Cl)c1. The zero-order valence-corrected chi connectivity index (χ0v) is 11.2. The van der Waals surface area contributed by atoms with Crippen molar-refractivity contribution < 1.29 is 5.11 Å². The Balaban J connectivity index is 2.10. The van der Waals surface area contributed by atoms with Gasteiger partial charge < -0.3 is 5.11 Å². The average molecular weight is 283 g/mol. The Morgan fingerprint density at radius 3 is 2.75 bits per heavy atom. The zero-order chi connectivity index (χ0) is 13.9. The van der Waals surface area contributed by atoms with Crippen molar-refractivity contribution in [3.8, 4) is 0 Å². The van der Waals surface area contributed by atoms with Crippen molar-refractivity contribution in [2.24, 2.45) is 0 Å². The summed E-state index contributed by atoms with van der Waals surface area (Å²) in [5, 5.41) is 11.7. The first kappa shape index (κ1) is 12.6. The smallest absolute Gasteiger partial charge is 0.125 e. The van der Waals surface area contributed by atoms with Crippen LogP contribution in [0.25, 0.3) is 22.7 Å². The first-order valence-electron chi connectivity index (χ1n) is 6.10. The predicted octanol–water partition coefficient (Wildman–Crippen LogP) is 4.34. The molecule has 98 valence electrons. The van der Waals surface area contributed by atoms with Crippen LogP contribution in [0.4, 0.5) is 0 Å². The van der Waals surface area contributed by atoms with Gasteiger partial charge in [-0.3, -0.25) is 0 Å². The van der Waals surface area contributed by atoms with E-state index < -0.39 is 0 Å². The van der Waals surface area contributed by atoms with Crippen LogP contribution in [0.3, 0.4) is 0 Å². The molecule has 1 N–H and O–H groups in total. The number of aliphatic hydroxyl groups is 1. The molecular weight excluding hydrogens is 272 g/mol. The van der Waals surface area contributed by atoms with Crippen LogP contribution in [0.15, 0.2) is 54.9 Å². The minimum Gasteiger partial charge on any atom is -0.507 e. The van der Waals surface area contributed by atoms with Crippen LogP contribution in [-0.4, -0.2) is 15.1 Å². The molecule has 0 saturated heterocycles. The Kier molecular flexibility index (Phi) is 3.35. The molecular formula is C16H11ClN2O. The third kappa shape index (κ3) is 2.49. The number of aromatic nitrogens is 2. The maximum absolute atomic E-state index is 10.2. The third-order valence-electron chi connectivity index (χ3n) is 2.97. The van der Waals surface area contributed by atoms with E-state index in [9.17, 15) is 5.11 Å². The molecule has 0 saturated carbocycles. The Morgan fingerprint density at radius 2 is 1.90 bits per heavy atom. The molecule has 0 unspecified atom stereocenters. The first-order chi connectivity index (χ1) is 9.74. The van der Waals surface area contributed by atoms with E-state index in [0.29, 0.717) is 16.3 Å². The number of nitrogens with zero attached hydrogens (tertiary/aromatic N) is 2. The van der Waals surface area contributed by atoms with Gasteiger partial charge in [-0.2, -0.15) is 0 Å². The molecule has 1 heterocycles. The van der Waals surface area contributed by atoms with Gasteiger partial charge in [0.2, 0.25) is 0 Å². The van der Waals surface area contributed by atoms with Crippen LogP contribution in [0, 0.1) is 0 Å². The van der Waals surface area contributed by atoms with E-state index in [2.05, 4.69) is 9.97 Å². The predicted molar refractivity (Wildman–Crippen MR) is 81.5 cm³/mol. The van der Waals surface area contributed by atoms with Crippen LogP contribution in [0.2, 0.25) is 5.02 Å². The van der Waals surface area contributed by atoms with Crippen molar-refractivity contribution >= 4 is 34.3 Å². The molecule has 0 aliphatic carbocycles. The van der Waals surface area contributed by atoms with Crippen LogP contribution < -0.4 is 0 Å². The van der Waals surface area contributed by atoms with E-state index in [1.165, 1.54) is 6.33 Å². The van der Waals surface area contributed by atoms with Crippen molar-refractivity contribution in [3.05, 3.63) is 71.1 Å². The lowest BCUT2D eigenvalue weighted by Crippen LogP contribution is -1.89. The highest BCUT2D eigenvalue weighted by atomic mass is 35.5. The number of rotatable bonds is 2. The number of halogens is 1. The van der Waals surface area contributed by atoms with Gasteiger partial charge in [0.25, 0.3) is 0 Å². The number of para-hydroxylation sites is 1. The summed E-state index contributed by atoms with van der Waals surface area (Å²) < 4.78 is 0. The number of aliphatic hydroxyl groups excluding tert-OH is 1. The van der Waals surface area contributed by atoms with E-state index >= 15 is 0 Å². The van der Waals surface area contributed by atoms with E-state index in [1.54, 1.807) is 30.3 Å². The van der Waals surface area contributed by atoms with Gasteiger partial charge in [-0.25, -0.2) is 9.97 Å². The van der Waals surface area contributed by atoms with Gasteiger partial charge in [0.1, 0.15) is 12.1 Å². The van der Waals surface area contributed by atoms with Gasteiger partial charge >= 0.3 is 0 Å². The molecule has 0 aliphatic rings. The maximum atomic E-state index is 10.2. The number of fused-ring (bicyclic) bond motifs is 1. The summed E-state index contributed by atoms with van der Waals surface area (Å²) in [5.74, 6) is 0.122. The van der Waals surface area contributed by atoms with Crippen LogP contribution in [0.5, 0.6) is 0 Å². The molecule has 0 radical (unpaired) electrons. The summed E-state index contributed by atoms with van der Waals surface area (Å²) in [5.41, 5.74) is 2.17. The molecule has 0 amide bonds. The number of hydrogen-bond acceptors (Lipinski definition) is 3. The van der Waals surface area contributed by atoms with Crippen molar-refractivity contribution in [3.63, 3.8) is 0 Å². The third-order valence-corrected chi connectivity index (χ3v) is 3.20. The van der Waals surface area contributed by atoms with Crippen molar-refractivity contribution in [2.75, 3.05) is 0 Å². The van der Waals surface area contributed by atoms with Crippen molar-refractivity contribution in [2.45, 2.75) is 0 Å². The Hall–Kier alpha value is -2.39. The van der Waals surface area contributed by atoms with Gasteiger partial charge in [0, 0.05) is 22.0 Å². The number of benzene rings is 2. The van der Waals surface area contributed by atoms with Gasteiger partial charge in [-0.15, -0.1) is 0 Å². The highest BCUT2D eigenvalue weighted by Gasteiger charge is 2.04. The fourth-order valence-electron chi connectivity index (χ4n) is 2.00. The van der Waals surface area contributed by atoms with Gasteiger partial charge in [-0.05, 0) is 18.2 Å². The molecule has 0 aliphatic heterocycles. The van der Waals surface area contributed by atoms with E-state index in [0.717, 1.165) is 10.9 Å². The topological polar surface area (TPSA) is 46.0 Å². The first-order valence-corrected chi connectivity index (χ1v) is 6.48. The molecule has 20 heavy (non-hydrogen) atoms. The second-order valence-electron chi connectivity index (χ2n) is 4.32. The summed E-state index contributed by atoms with van der Waals surface area (Å²) >= 11 is 5.92. The second kappa shape index (κ2) is 5.31. The van der Waals surface area contributed by atoms with E-state index in [1.807, 2.05) is 24.3 Å². The minimum absolute atomic E-state index is 0.122. The highest BCUT2D eigenvalue weighted by Crippen LogP contribution is 2.21. The lowest BCUT2D eigenvalue weighted by Gasteiger charge is -2.03. The highest BCUT2D eigenvalue weighted by molar-refractivity contribution is 6.30. The molecule has 0 atom stereocenters. The molecule has 0 spiro atoms. The van der Waals surface area contributed by atoms with Gasteiger partial charge in [0.05, 0.1) is 11.2 Å². The molecule has 1 aromatic heterocycles. The summed E-state index contributed by atoms with van der Waals surface area (Å²) in [7, 11) is 0. The fourth-order valence-corrected chi connectivity index (χ4v) is 2.19. The Labute approximate surface area is 121 Å². The summed E-state index contributed by atoms with van der Waals surface area (Å²) in [6, 6.07) is 14.7. The Morgan fingerprint density at radius 1 is 1.05 bits per heavy atom. The number of hydrogen-bond donors (Lipinski definition) is 1. The maximum Gasteiger partial charge on any atom is 0.125 e. The zero-order valence-electron chi connectivity index (χ0n) is 10.5. The fraction of sp³-hybridized carbons (Fsp3) is 0. The molecule has 0 bridgehead atoms. The standard InChI is InChI=1S/C16H11ClN2O/c17-12-5-3-4-11(8-12)16(20)9-15-13-6-1-2-7-14(13)18-10-19-15/h1-10,20H. The lowest BCUT2D eigenvalue weighted by molar-refractivity contribution is 0.515. The monoisotopic (exact) mass is 282 g/mol. The van der Waals surface area contributed by atoms with Crippen molar-refractivity contribution in [1.29, 1.82) is 0 Å². The van der Waals surface area contributed by atoms with Crippen LogP contribution >= 0.6 is 11.6 Å². The van der Waals surface area contributed by atoms with E-state index in [-0.39, 0.29) is 5.76 Å². The minimum atomic E-state index is 0.122. The quantitative estimate of drug-likeness (QED) is 0.711. The molecule has 3 aromatic rings. The van der Waals surface area contributed by atoms with Crippen LogP contribution in [0.1, 0.15) is 11.3 Å². The normalized spacial score (nSPS) is 11.8. The lowest BCUT2D eigenvalue weighted by atomic mass is 10.1. The molecule has 0 fully saturated rings. The summed E-state index contributed by atoms with van der Waals surface area (Å²) in [4.78, 5) is 8.41. The average Bonchev–Trinajstić information content (AvgIpc) is 2.47. The molecule has 3 rings (SSSR count). The molecule has 2 aromatic carbocycles. The largest absolute Gasteiger partial charge is 0.507 e. The molecule has 3 nitrogen and oxygen atoms in total.